The molecular weight excluding hydrogens is 340 g/mol. The molecule has 0 spiro atoms. The van der Waals surface area contributed by atoms with Crippen molar-refractivity contribution in [2.75, 3.05) is 36.0 Å². The summed E-state index contributed by atoms with van der Waals surface area (Å²) < 4.78 is 1.86. The number of piperazine rings is 1. The molecule has 0 aromatic carbocycles. The second kappa shape index (κ2) is 6.94. The number of hydrogen-bond donors (Lipinski definition) is 0. The van der Waals surface area contributed by atoms with E-state index in [1.807, 2.05) is 50.6 Å². The van der Waals surface area contributed by atoms with Gasteiger partial charge in [-0.15, -0.1) is 0 Å². The van der Waals surface area contributed by atoms with Crippen LogP contribution in [0.15, 0.2) is 24.5 Å². The number of rotatable bonds is 3. The molecule has 1 aliphatic rings. The quantitative estimate of drug-likeness (QED) is 0.704. The third kappa shape index (κ3) is 3.60. The Balaban J connectivity index is 1.50. The van der Waals surface area contributed by atoms with Gasteiger partial charge in [-0.05, 0) is 39.8 Å². The van der Waals surface area contributed by atoms with E-state index in [2.05, 4.69) is 34.8 Å². The smallest absolute Gasteiger partial charge is 0.225 e. The van der Waals surface area contributed by atoms with E-state index < -0.39 is 0 Å². The van der Waals surface area contributed by atoms with Gasteiger partial charge in [0.2, 0.25) is 5.95 Å². The first kappa shape index (κ1) is 17.4. The summed E-state index contributed by atoms with van der Waals surface area (Å²) in [6.45, 7) is 11.5. The minimum atomic E-state index is 0.797. The number of nitrogens with zero attached hydrogens (tertiary/aromatic N) is 8. The molecule has 140 valence electrons. The molecule has 3 aromatic rings. The fourth-order valence-corrected chi connectivity index (χ4v) is 3.47. The highest BCUT2D eigenvalue weighted by atomic mass is 15.3. The van der Waals surface area contributed by atoms with Crippen molar-refractivity contribution in [1.82, 2.24) is 29.7 Å². The lowest BCUT2D eigenvalue weighted by Crippen LogP contribution is -2.47. The van der Waals surface area contributed by atoms with Crippen LogP contribution in [0.2, 0.25) is 0 Å². The predicted molar refractivity (Wildman–Crippen MR) is 105 cm³/mol. The van der Waals surface area contributed by atoms with E-state index in [1.165, 1.54) is 0 Å². The average molecular weight is 364 g/mol. The van der Waals surface area contributed by atoms with Gasteiger partial charge < -0.3 is 9.80 Å². The molecular formula is C19H24N8. The first-order valence-corrected chi connectivity index (χ1v) is 9.17. The second-order valence-electron chi connectivity index (χ2n) is 7.00. The van der Waals surface area contributed by atoms with Crippen LogP contribution in [-0.2, 0) is 0 Å². The van der Waals surface area contributed by atoms with Crippen molar-refractivity contribution in [3.05, 3.63) is 47.3 Å². The largest absolute Gasteiger partial charge is 0.353 e. The molecule has 0 saturated carbocycles. The van der Waals surface area contributed by atoms with Crippen molar-refractivity contribution >= 4 is 11.8 Å². The van der Waals surface area contributed by atoms with Crippen molar-refractivity contribution in [2.24, 2.45) is 0 Å². The minimum absolute atomic E-state index is 0.797. The summed E-state index contributed by atoms with van der Waals surface area (Å²) in [6.07, 6.45) is 1.61. The SMILES string of the molecule is Cc1cc(C)nc(N2CCN(c3cc(-n4nc(C)cc4C)ncn3)CC2)n1. The standard InChI is InChI=1S/C19H24N8/c1-13-9-14(2)23-19(22-13)26-7-5-25(6-8-26)17-11-18(21-12-20-17)27-16(4)10-15(3)24-27/h9-12H,5-8H2,1-4H3. The molecule has 0 radical (unpaired) electrons. The molecule has 8 nitrogen and oxygen atoms in total. The van der Waals surface area contributed by atoms with Crippen LogP contribution >= 0.6 is 0 Å². The Morgan fingerprint density at radius 3 is 1.96 bits per heavy atom. The molecule has 4 heterocycles. The molecule has 4 rings (SSSR count). The van der Waals surface area contributed by atoms with E-state index in [4.69, 9.17) is 0 Å². The normalized spacial score (nSPS) is 14.7. The second-order valence-corrected chi connectivity index (χ2v) is 7.00. The highest BCUT2D eigenvalue weighted by Crippen LogP contribution is 2.19. The van der Waals surface area contributed by atoms with Gasteiger partial charge in [-0.3, -0.25) is 0 Å². The Morgan fingerprint density at radius 2 is 1.33 bits per heavy atom. The van der Waals surface area contributed by atoms with Crippen molar-refractivity contribution in [2.45, 2.75) is 27.7 Å². The first-order chi connectivity index (χ1) is 13.0. The molecule has 0 amide bonds. The molecule has 1 saturated heterocycles. The molecule has 0 bridgehead atoms. The maximum atomic E-state index is 4.58. The summed E-state index contributed by atoms with van der Waals surface area (Å²) in [6, 6.07) is 6.05. The third-order valence-electron chi connectivity index (χ3n) is 4.72. The van der Waals surface area contributed by atoms with Gasteiger partial charge in [0.05, 0.1) is 5.69 Å². The Kier molecular flexibility index (Phi) is 4.47. The van der Waals surface area contributed by atoms with Gasteiger partial charge in [-0.1, -0.05) is 0 Å². The molecule has 0 aliphatic carbocycles. The summed E-state index contributed by atoms with van der Waals surface area (Å²) in [5.74, 6) is 2.54. The van der Waals surface area contributed by atoms with Crippen LogP contribution in [-0.4, -0.2) is 55.9 Å². The third-order valence-corrected chi connectivity index (χ3v) is 4.72. The van der Waals surface area contributed by atoms with E-state index in [9.17, 15) is 0 Å². The Bertz CT molecular complexity index is 936. The van der Waals surface area contributed by atoms with Gasteiger partial charge in [0, 0.05) is 49.3 Å². The minimum Gasteiger partial charge on any atom is -0.353 e. The summed E-state index contributed by atoms with van der Waals surface area (Å²) >= 11 is 0. The number of anilines is 2. The van der Waals surface area contributed by atoms with Crippen LogP contribution in [0.5, 0.6) is 0 Å². The lowest BCUT2D eigenvalue weighted by molar-refractivity contribution is 0.631. The van der Waals surface area contributed by atoms with Crippen LogP contribution in [0.25, 0.3) is 5.82 Å². The van der Waals surface area contributed by atoms with Gasteiger partial charge in [-0.25, -0.2) is 24.6 Å². The monoisotopic (exact) mass is 364 g/mol. The lowest BCUT2D eigenvalue weighted by Gasteiger charge is -2.35. The van der Waals surface area contributed by atoms with Gasteiger partial charge in [0.1, 0.15) is 12.1 Å². The van der Waals surface area contributed by atoms with Gasteiger partial charge in [0.25, 0.3) is 0 Å². The van der Waals surface area contributed by atoms with Gasteiger partial charge >= 0.3 is 0 Å². The number of hydrogen-bond acceptors (Lipinski definition) is 7. The fraction of sp³-hybridized carbons (Fsp3) is 0.421. The maximum absolute atomic E-state index is 4.58. The number of aryl methyl sites for hydroxylation is 4. The molecule has 0 unspecified atom stereocenters. The molecule has 27 heavy (non-hydrogen) atoms. The summed E-state index contributed by atoms with van der Waals surface area (Å²) in [5, 5.41) is 4.52. The van der Waals surface area contributed by atoms with Crippen molar-refractivity contribution in [3.8, 4) is 5.82 Å². The summed E-state index contributed by atoms with van der Waals surface area (Å²) in [7, 11) is 0. The number of aromatic nitrogens is 6. The average Bonchev–Trinajstić information content (AvgIpc) is 2.99. The lowest BCUT2D eigenvalue weighted by atomic mass is 10.3. The van der Waals surface area contributed by atoms with Crippen LogP contribution < -0.4 is 9.80 Å². The first-order valence-electron chi connectivity index (χ1n) is 9.17. The van der Waals surface area contributed by atoms with Crippen molar-refractivity contribution in [3.63, 3.8) is 0 Å². The van der Waals surface area contributed by atoms with E-state index >= 15 is 0 Å². The molecule has 3 aromatic heterocycles. The van der Waals surface area contributed by atoms with Crippen LogP contribution in [0.3, 0.4) is 0 Å². The zero-order chi connectivity index (χ0) is 19.0. The molecule has 8 heteroatoms. The Hall–Kier alpha value is -3.03. The van der Waals surface area contributed by atoms with Crippen LogP contribution in [0.4, 0.5) is 11.8 Å². The van der Waals surface area contributed by atoms with E-state index in [0.717, 1.165) is 66.5 Å². The van der Waals surface area contributed by atoms with Gasteiger partial charge in [0.15, 0.2) is 5.82 Å². The van der Waals surface area contributed by atoms with Gasteiger partial charge in [-0.2, -0.15) is 5.10 Å². The molecule has 1 fully saturated rings. The van der Waals surface area contributed by atoms with Crippen LogP contribution in [0, 0.1) is 27.7 Å². The highest BCUT2D eigenvalue weighted by Gasteiger charge is 2.21. The molecule has 0 atom stereocenters. The van der Waals surface area contributed by atoms with E-state index in [0.29, 0.717) is 0 Å². The topological polar surface area (TPSA) is 75.9 Å². The molecule has 0 N–H and O–H groups in total. The predicted octanol–water partition coefficient (Wildman–Crippen LogP) is 2.01. The van der Waals surface area contributed by atoms with Crippen molar-refractivity contribution in [1.29, 1.82) is 0 Å². The fourth-order valence-electron chi connectivity index (χ4n) is 3.47. The molecule has 1 aliphatic heterocycles. The zero-order valence-electron chi connectivity index (χ0n) is 16.2. The summed E-state index contributed by atoms with van der Waals surface area (Å²) in [5.41, 5.74) is 4.05. The Labute approximate surface area is 158 Å². The highest BCUT2D eigenvalue weighted by molar-refractivity contribution is 5.46. The zero-order valence-corrected chi connectivity index (χ0v) is 16.2. The maximum Gasteiger partial charge on any atom is 0.225 e. The Morgan fingerprint density at radius 1 is 0.704 bits per heavy atom. The van der Waals surface area contributed by atoms with E-state index in [-0.39, 0.29) is 0 Å². The van der Waals surface area contributed by atoms with E-state index in [1.54, 1.807) is 6.33 Å². The van der Waals surface area contributed by atoms with Crippen molar-refractivity contribution < 1.29 is 0 Å². The summed E-state index contributed by atoms with van der Waals surface area (Å²) in [4.78, 5) is 22.5. The van der Waals surface area contributed by atoms with Crippen LogP contribution in [0.1, 0.15) is 22.8 Å².